The predicted molar refractivity (Wildman–Crippen MR) is 150 cm³/mol. The number of benzene rings is 2. The van der Waals surface area contributed by atoms with Crippen molar-refractivity contribution in [3.05, 3.63) is 59.7 Å². The van der Waals surface area contributed by atoms with Crippen LogP contribution in [0.25, 0.3) is 0 Å². The second-order valence-electron chi connectivity index (χ2n) is 10.5. The molecule has 0 bridgehead atoms. The van der Waals surface area contributed by atoms with Crippen LogP contribution in [0, 0.1) is 0 Å². The van der Waals surface area contributed by atoms with Gasteiger partial charge in [0, 0.05) is 5.56 Å². The minimum absolute atomic E-state index is 0.108. The van der Waals surface area contributed by atoms with Crippen LogP contribution in [-0.2, 0) is 38.1 Å². The second kappa shape index (κ2) is 13.1. The summed E-state index contributed by atoms with van der Waals surface area (Å²) >= 11 is 0. The predicted octanol–water partition coefficient (Wildman–Crippen LogP) is 6.74. The molecule has 1 aliphatic rings. The van der Waals surface area contributed by atoms with E-state index in [-0.39, 0.29) is 36.6 Å². The number of nitrogens with zero attached hydrogens (tertiary/aromatic N) is 1. The van der Waals surface area contributed by atoms with Crippen LogP contribution in [0.3, 0.4) is 0 Å². The Balaban J connectivity index is 2.40. The molecule has 2 amide bonds. The summed E-state index contributed by atoms with van der Waals surface area (Å²) in [4.78, 5) is 42.2. The Hall–Kier alpha value is -3.41. The molecule has 236 valence electrons. The number of fused-ring (bicyclic) bond motifs is 1. The fourth-order valence-corrected chi connectivity index (χ4v) is 6.88. The molecule has 10 nitrogen and oxygen atoms in total. The van der Waals surface area contributed by atoms with Gasteiger partial charge in [0.25, 0.3) is 5.91 Å². The number of carbonyl (C=O) groups excluding carboxylic acids is 3. The summed E-state index contributed by atoms with van der Waals surface area (Å²) in [6.07, 6.45) is -6.84. The number of ether oxygens (including phenoxy) is 3. The highest BCUT2D eigenvalue weighted by Crippen LogP contribution is 2.60. The lowest BCUT2D eigenvalue weighted by molar-refractivity contribution is -0.274. The molecule has 14 heteroatoms. The maximum absolute atomic E-state index is 14.6. The number of halogens is 3. The molecule has 1 heterocycles. The number of esters is 1. The fraction of sp³-hybridized carbons (Fsp3) is 0.483. The maximum Gasteiger partial charge on any atom is 0.573 e. The van der Waals surface area contributed by atoms with Gasteiger partial charge < -0.3 is 23.3 Å². The number of alkyl halides is 3. The molecule has 0 radical (unpaired) electrons. The van der Waals surface area contributed by atoms with Gasteiger partial charge >= 0.3 is 26.0 Å². The fourth-order valence-electron chi connectivity index (χ4n) is 4.90. The third-order valence-corrected chi connectivity index (χ3v) is 8.76. The van der Waals surface area contributed by atoms with Gasteiger partial charge in [-0.3, -0.25) is 14.2 Å². The van der Waals surface area contributed by atoms with Crippen molar-refractivity contribution in [1.82, 2.24) is 0 Å². The van der Waals surface area contributed by atoms with E-state index in [9.17, 15) is 32.1 Å². The highest BCUT2D eigenvalue weighted by Gasteiger charge is 2.59. The van der Waals surface area contributed by atoms with Crippen LogP contribution in [-0.4, -0.2) is 55.4 Å². The van der Waals surface area contributed by atoms with Crippen molar-refractivity contribution in [2.75, 3.05) is 24.7 Å². The largest absolute Gasteiger partial charge is 0.573 e. The van der Waals surface area contributed by atoms with Crippen molar-refractivity contribution >= 4 is 31.3 Å². The number of anilines is 1. The summed E-state index contributed by atoms with van der Waals surface area (Å²) in [5.74, 6) is -2.66. The van der Waals surface area contributed by atoms with E-state index in [4.69, 9.17) is 18.5 Å². The lowest BCUT2D eigenvalue weighted by Gasteiger charge is -2.34. The van der Waals surface area contributed by atoms with E-state index in [1.165, 1.54) is 32.9 Å². The molecule has 2 aromatic carbocycles. The van der Waals surface area contributed by atoms with Crippen LogP contribution in [0.15, 0.2) is 48.5 Å². The minimum Gasteiger partial charge on any atom is -0.465 e. The molecule has 2 aromatic rings. The second-order valence-corrected chi connectivity index (χ2v) is 12.7. The molecule has 0 aromatic heterocycles. The average molecular weight is 630 g/mol. The standard InChI is InChI=1S/C29H35F3NO9P/c1-7-38-24(34)23(43(37,39-8-2)40-9-3)18-28(19-13-11-10-12-14-19)21-17-20(41-29(30,31)32)15-16-22(21)33(25(28)35)26(36)42-27(4,5)6/h10-17,23H,7-9,18H2,1-6H3/t23-,28+/m0/s1. The zero-order chi connectivity index (χ0) is 32.2. The average Bonchev–Trinajstić information content (AvgIpc) is 3.14. The van der Waals surface area contributed by atoms with Crippen LogP contribution in [0.1, 0.15) is 59.1 Å². The highest BCUT2D eigenvalue weighted by molar-refractivity contribution is 7.55. The van der Waals surface area contributed by atoms with Crippen LogP contribution in [0.4, 0.5) is 23.7 Å². The lowest BCUT2D eigenvalue weighted by Crippen LogP contribution is -2.48. The Bertz CT molecular complexity index is 1370. The van der Waals surface area contributed by atoms with E-state index < -0.39 is 60.8 Å². The quantitative estimate of drug-likeness (QED) is 0.197. The first-order valence-electron chi connectivity index (χ1n) is 13.6. The van der Waals surface area contributed by atoms with Gasteiger partial charge in [0.15, 0.2) is 5.66 Å². The number of hydrogen-bond acceptors (Lipinski definition) is 9. The van der Waals surface area contributed by atoms with Crippen molar-refractivity contribution in [3.8, 4) is 5.75 Å². The zero-order valence-corrected chi connectivity index (χ0v) is 25.6. The first-order chi connectivity index (χ1) is 20.0. The molecule has 0 N–H and O–H groups in total. The van der Waals surface area contributed by atoms with Gasteiger partial charge in [-0.25, -0.2) is 9.69 Å². The number of rotatable bonds is 11. The summed E-state index contributed by atoms with van der Waals surface area (Å²) in [6, 6.07) is 10.8. The van der Waals surface area contributed by atoms with Gasteiger partial charge in [0.2, 0.25) is 0 Å². The smallest absolute Gasteiger partial charge is 0.465 e. The third-order valence-electron chi connectivity index (χ3n) is 6.37. The van der Waals surface area contributed by atoms with Gasteiger partial charge in [-0.15, -0.1) is 13.2 Å². The lowest BCUT2D eigenvalue weighted by atomic mass is 9.72. The normalized spacial score (nSPS) is 17.8. The molecule has 3 rings (SSSR count). The van der Waals surface area contributed by atoms with E-state index >= 15 is 0 Å². The third kappa shape index (κ3) is 7.39. The van der Waals surface area contributed by atoms with Gasteiger partial charge in [-0.1, -0.05) is 30.3 Å². The van der Waals surface area contributed by atoms with Crippen LogP contribution >= 0.6 is 7.60 Å². The van der Waals surface area contributed by atoms with E-state index in [2.05, 4.69) is 4.74 Å². The van der Waals surface area contributed by atoms with Gasteiger partial charge in [0.1, 0.15) is 16.8 Å². The van der Waals surface area contributed by atoms with Crippen LogP contribution in [0.2, 0.25) is 0 Å². The summed E-state index contributed by atoms with van der Waals surface area (Å²) in [5.41, 5.74) is -4.89. The highest BCUT2D eigenvalue weighted by atomic mass is 31.2. The summed E-state index contributed by atoms with van der Waals surface area (Å²) in [5, 5.41) is 0. The van der Waals surface area contributed by atoms with Crippen molar-refractivity contribution in [1.29, 1.82) is 0 Å². The number of hydrogen-bond donors (Lipinski definition) is 0. The Morgan fingerprint density at radius 1 is 0.953 bits per heavy atom. The Labute approximate surface area is 247 Å². The van der Waals surface area contributed by atoms with E-state index in [0.717, 1.165) is 18.2 Å². The van der Waals surface area contributed by atoms with Crippen LogP contribution in [0.5, 0.6) is 5.75 Å². The molecule has 1 aliphatic heterocycles. The van der Waals surface area contributed by atoms with Crippen molar-refractivity contribution in [2.45, 2.75) is 71.0 Å². The molecular weight excluding hydrogens is 594 g/mol. The molecule has 2 atom stereocenters. The topological polar surface area (TPSA) is 118 Å². The molecular formula is C29H35F3NO9P. The van der Waals surface area contributed by atoms with Gasteiger partial charge in [0.05, 0.1) is 25.5 Å². The van der Waals surface area contributed by atoms with Crippen LogP contribution < -0.4 is 9.64 Å². The van der Waals surface area contributed by atoms with Crippen molar-refractivity contribution < 1.29 is 55.4 Å². The molecule has 0 spiro atoms. The van der Waals surface area contributed by atoms with E-state index in [1.54, 1.807) is 39.0 Å². The molecule has 0 aliphatic carbocycles. The summed E-state index contributed by atoms with van der Waals surface area (Å²) < 4.78 is 79.9. The van der Waals surface area contributed by atoms with Gasteiger partial charge in [-0.2, -0.15) is 0 Å². The molecule has 43 heavy (non-hydrogen) atoms. The molecule has 0 saturated carbocycles. The minimum atomic E-state index is -5.08. The van der Waals surface area contributed by atoms with E-state index in [0.29, 0.717) is 4.90 Å². The summed E-state index contributed by atoms with van der Waals surface area (Å²) in [6.45, 7) is 8.92. The molecule has 0 saturated heterocycles. The number of carbonyl (C=O) groups is 3. The van der Waals surface area contributed by atoms with Crippen molar-refractivity contribution in [2.24, 2.45) is 0 Å². The Morgan fingerprint density at radius 3 is 2.07 bits per heavy atom. The monoisotopic (exact) mass is 629 g/mol. The number of imide groups is 1. The Kier molecular flexibility index (Phi) is 10.4. The first-order valence-corrected chi connectivity index (χ1v) is 15.2. The maximum atomic E-state index is 14.6. The first kappa shape index (κ1) is 34.1. The molecule has 0 fully saturated rings. The van der Waals surface area contributed by atoms with Gasteiger partial charge in [-0.05, 0) is 71.7 Å². The number of amides is 2. The molecule has 0 unspecified atom stereocenters. The zero-order valence-electron chi connectivity index (χ0n) is 24.7. The Morgan fingerprint density at radius 2 is 1.56 bits per heavy atom. The van der Waals surface area contributed by atoms with E-state index in [1.807, 2.05) is 0 Å². The SMILES string of the molecule is CCOC(=O)[C@H](C[C@]1(c2ccccc2)C(=O)N(C(=O)OC(C)(C)C)c2ccc(OC(F)(F)F)cc21)P(=O)(OCC)OCC. The summed E-state index contributed by atoms with van der Waals surface area (Å²) in [7, 11) is -4.36. The van der Waals surface area contributed by atoms with Crippen molar-refractivity contribution in [3.63, 3.8) is 0 Å².